The molecule has 0 aromatic carbocycles. The third-order valence-electron chi connectivity index (χ3n) is 4.17. The highest BCUT2D eigenvalue weighted by atomic mass is 16.5. The van der Waals surface area contributed by atoms with Gasteiger partial charge in [-0.3, -0.25) is 0 Å². The fourth-order valence-corrected chi connectivity index (χ4v) is 3.06. The van der Waals surface area contributed by atoms with Crippen LogP contribution in [0.5, 0.6) is 0 Å². The lowest BCUT2D eigenvalue weighted by molar-refractivity contribution is -0.146. The summed E-state index contributed by atoms with van der Waals surface area (Å²) in [5.74, 6) is -0.293. The first-order valence-electron chi connectivity index (χ1n) is 7.37. The van der Waals surface area contributed by atoms with E-state index in [0.717, 1.165) is 25.7 Å². The van der Waals surface area contributed by atoms with E-state index in [1.807, 2.05) is 0 Å². The molecular weight excluding hydrogens is 244 g/mol. The number of likely N-dealkylation sites (tertiary alicyclic amines) is 1. The van der Waals surface area contributed by atoms with Gasteiger partial charge in [0.05, 0.1) is 7.11 Å². The molecule has 2 aliphatic rings. The van der Waals surface area contributed by atoms with E-state index in [9.17, 15) is 9.59 Å². The molecule has 1 N–H and O–H groups in total. The van der Waals surface area contributed by atoms with Gasteiger partial charge in [-0.2, -0.15) is 0 Å². The maximum Gasteiger partial charge on any atom is 0.328 e. The van der Waals surface area contributed by atoms with Crippen molar-refractivity contribution in [3.05, 3.63) is 0 Å². The number of piperidine rings is 1. The number of carbonyl (C=O) groups excluding carboxylic acids is 2. The van der Waals surface area contributed by atoms with Crippen molar-refractivity contribution in [1.29, 1.82) is 0 Å². The number of nitrogens with one attached hydrogen (secondary N) is 1. The first kappa shape index (κ1) is 14.2. The summed E-state index contributed by atoms with van der Waals surface area (Å²) in [4.78, 5) is 25.7. The van der Waals surface area contributed by atoms with Gasteiger partial charge in [0.15, 0.2) is 0 Å². The summed E-state index contributed by atoms with van der Waals surface area (Å²) in [5.41, 5.74) is 0. The van der Waals surface area contributed by atoms with Gasteiger partial charge >= 0.3 is 12.0 Å². The fraction of sp³-hybridized carbons (Fsp3) is 0.857. The number of nitrogens with zero attached hydrogens (tertiary/aromatic N) is 1. The molecule has 1 saturated carbocycles. The Hall–Kier alpha value is -1.26. The van der Waals surface area contributed by atoms with Crippen LogP contribution in [0.4, 0.5) is 4.79 Å². The molecule has 0 radical (unpaired) electrons. The molecule has 0 bridgehead atoms. The topological polar surface area (TPSA) is 58.6 Å². The summed E-state index contributed by atoms with van der Waals surface area (Å²) in [6.07, 6.45) is 8.41. The first-order chi connectivity index (χ1) is 9.22. The molecule has 1 heterocycles. The molecule has 0 aromatic heterocycles. The summed E-state index contributed by atoms with van der Waals surface area (Å²) >= 11 is 0. The average Bonchev–Trinajstić information content (AvgIpc) is 2.47. The van der Waals surface area contributed by atoms with Gasteiger partial charge in [-0.15, -0.1) is 0 Å². The van der Waals surface area contributed by atoms with Crippen molar-refractivity contribution in [2.45, 2.75) is 63.5 Å². The number of hydrogen-bond donors (Lipinski definition) is 1. The number of amides is 2. The minimum absolute atomic E-state index is 0.0954. The number of esters is 1. The Morgan fingerprint density at radius 2 is 1.74 bits per heavy atom. The van der Waals surface area contributed by atoms with Crippen molar-refractivity contribution in [2.24, 2.45) is 0 Å². The zero-order valence-corrected chi connectivity index (χ0v) is 11.7. The summed E-state index contributed by atoms with van der Waals surface area (Å²) in [6.45, 7) is 0.651. The Morgan fingerprint density at radius 1 is 1.05 bits per heavy atom. The number of hydrogen-bond acceptors (Lipinski definition) is 3. The van der Waals surface area contributed by atoms with Crippen molar-refractivity contribution in [1.82, 2.24) is 10.2 Å². The lowest BCUT2D eigenvalue weighted by Crippen LogP contribution is -2.54. The Bertz CT molecular complexity index is 327. The molecule has 2 amide bonds. The second-order valence-electron chi connectivity index (χ2n) is 5.51. The maximum absolute atomic E-state index is 12.3. The highest BCUT2D eigenvalue weighted by Gasteiger charge is 2.33. The molecule has 0 unspecified atom stereocenters. The summed E-state index contributed by atoms with van der Waals surface area (Å²) in [5, 5.41) is 3.08. The van der Waals surface area contributed by atoms with Crippen LogP contribution in [0, 0.1) is 0 Å². The number of carbonyl (C=O) groups is 2. The maximum atomic E-state index is 12.3. The third kappa shape index (κ3) is 3.61. The van der Waals surface area contributed by atoms with Crippen LogP contribution in [-0.4, -0.2) is 42.6 Å². The molecule has 2 fully saturated rings. The van der Waals surface area contributed by atoms with Crippen LogP contribution in [0.1, 0.15) is 51.4 Å². The van der Waals surface area contributed by atoms with E-state index in [0.29, 0.717) is 13.0 Å². The van der Waals surface area contributed by atoms with Crippen LogP contribution in [-0.2, 0) is 9.53 Å². The van der Waals surface area contributed by atoms with Crippen LogP contribution in [0.25, 0.3) is 0 Å². The lowest BCUT2D eigenvalue weighted by atomic mass is 9.95. The van der Waals surface area contributed by atoms with Crippen molar-refractivity contribution in [3.63, 3.8) is 0 Å². The SMILES string of the molecule is COC(=O)[C@H]1CCCCN1C(=O)NC1CCCCC1. The molecule has 108 valence electrons. The second kappa shape index (κ2) is 6.78. The zero-order chi connectivity index (χ0) is 13.7. The van der Waals surface area contributed by atoms with Crippen LogP contribution >= 0.6 is 0 Å². The standard InChI is InChI=1S/C14H24N2O3/c1-19-13(17)12-9-5-6-10-16(12)14(18)15-11-7-3-2-4-8-11/h11-12H,2-10H2,1H3,(H,15,18)/t12-/m1/s1. The average molecular weight is 268 g/mol. The van der Waals surface area contributed by atoms with Gasteiger partial charge in [0.1, 0.15) is 6.04 Å². The molecule has 5 nitrogen and oxygen atoms in total. The molecular formula is C14H24N2O3. The minimum Gasteiger partial charge on any atom is -0.467 e. The number of rotatable bonds is 2. The van der Waals surface area contributed by atoms with Crippen LogP contribution in [0.2, 0.25) is 0 Å². The first-order valence-corrected chi connectivity index (χ1v) is 7.37. The highest BCUT2D eigenvalue weighted by molar-refractivity contribution is 5.84. The smallest absolute Gasteiger partial charge is 0.328 e. The Morgan fingerprint density at radius 3 is 2.42 bits per heavy atom. The third-order valence-corrected chi connectivity index (χ3v) is 4.17. The molecule has 1 atom stereocenters. The molecule has 0 aromatic rings. The molecule has 0 spiro atoms. The largest absolute Gasteiger partial charge is 0.467 e. The number of ether oxygens (including phenoxy) is 1. The van der Waals surface area contributed by atoms with E-state index in [1.165, 1.54) is 26.4 Å². The molecule has 19 heavy (non-hydrogen) atoms. The predicted octanol–water partition coefficient (Wildman–Crippen LogP) is 2.06. The second-order valence-corrected chi connectivity index (χ2v) is 5.51. The minimum atomic E-state index is -0.401. The summed E-state index contributed by atoms with van der Waals surface area (Å²) in [7, 11) is 1.38. The number of methoxy groups -OCH3 is 1. The lowest BCUT2D eigenvalue weighted by Gasteiger charge is -2.35. The highest BCUT2D eigenvalue weighted by Crippen LogP contribution is 2.21. The Kier molecular flexibility index (Phi) is 5.05. The molecule has 5 heteroatoms. The van der Waals surface area contributed by atoms with Crippen LogP contribution < -0.4 is 5.32 Å². The van der Waals surface area contributed by atoms with E-state index in [1.54, 1.807) is 4.90 Å². The van der Waals surface area contributed by atoms with Gasteiger partial charge in [0.2, 0.25) is 0 Å². The van der Waals surface area contributed by atoms with E-state index in [4.69, 9.17) is 4.74 Å². The molecule has 1 aliphatic heterocycles. The van der Waals surface area contributed by atoms with Crippen LogP contribution in [0.3, 0.4) is 0 Å². The monoisotopic (exact) mass is 268 g/mol. The van der Waals surface area contributed by atoms with Crippen LogP contribution in [0.15, 0.2) is 0 Å². The molecule has 2 rings (SSSR count). The Balaban J connectivity index is 1.92. The van der Waals surface area contributed by atoms with Gasteiger partial charge in [-0.05, 0) is 32.1 Å². The van der Waals surface area contributed by atoms with Gasteiger partial charge in [-0.1, -0.05) is 19.3 Å². The fourth-order valence-electron chi connectivity index (χ4n) is 3.06. The van der Waals surface area contributed by atoms with Gasteiger partial charge < -0.3 is 15.0 Å². The normalized spacial score (nSPS) is 24.9. The molecule has 1 saturated heterocycles. The van der Waals surface area contributed by atoms with Gasteiger partial charge in [0, 0.05) is 12.6 Å². The van der Waals surface area contributed by atoms with Crippen molar-refractivity contribution in [2.75, 3.05) is 13.7 Å². The van der Waals surface area contributed by atoms with E-state index < -0.39 is 6.04 Å². The van der Waals surface area contributed by atoms with Crippen molar-refractivity contribution in [3.8, 4) is 0 Å². The van der Waals surface area contributed by atoms with Crippen molar-refractivity contribution >= 4 is 12.0 Å². The van der Waals surface area contributed by atoms with Gasteiger partial charge in [-0.25, -0.2) is 9.59 Å². The zero-order valence-electron chi connectivity index (χ0n) is 11.7. The predicted molar refractivity (Wildman–Crippen MR) is 71.8 cm³/mol. The van der Waals surface area contributed by atoms with E-state index >= 15 is 0 Å². The summed E-state index contributed by atoms with van der Waals surface area (Å²) < 4.78 is 4.80. The van der Waals surface area contributed by atoms with E-state index in [2.05, 4.69) is 5.32 Å². The van der Waals surface area contributed by atoms with Crippen molar-refractivity contribution < 1.29 is 14.3 Å². The van der Waals surface area contributed by atoms with Gasteiger partial charge in [0.25, 0.3) is 0 Å². The quantitative estimate of drug-likeness (QED) is 0.780. The Labute approximate surface area is 114 Å². The molecule has 1 aliphatic carbocycles. The van der Waals surface area contributed by atoms with E-state index in [-0.39, 0.29) is 18.0 Å². The number of urea groups is 1. The summed E-state index contributed by atoms with van der Waals surface area (Å²) in [6, 6.07) is -0.217.